The van der Waals surface area contributed by atoms with Crippen LogP contribution in [0.2, 0.25) is 0 Å². The van der Waals surface area contributed by atoms with E-state index < -0.39 is 57.6 Å². The molecule has 0 heterocycles. The second-order valence-corrected chi connectivity index (χ2v) is 17.8. The first-order valence-corrected chi connectivity index (χ1v) is 25.4. The molecule has 3 unspecified atom stereocenters. The van der Waals surface area contributed by atoms with Gasteiger partial charge in [0, 0.05) is 12.8 Å². The molecule has 11 nitrogen and oxygen atoms in total. The van der Waals surface area contributed by atoms with Crippen LogP contribution in [0, 0.1) is 0 Å². The molecule has 0 fully saturated rings. The van der Waals surface area contributed by atoms with Crippen molar-refractivity contribution in [1.29, 1.82) is 0 Å². The lowest BCUT2D eigenvalue weighted by Crippen LogP contribution is -2.43. The first-order chi connectivity index (χ1) is 28.6. The number of carboxylic acids is 1. The van der Waals surface area contributed by atoms with Crippen molar-refractivity contribution in [2.45, 2.75) is 238 Å². The van der Waals surface area contributed by atoms with Gasteiger partial charge in [0.15, 0.2) is 6.04 Å². The number of carbonyl (C=O) groups is 3. The van der Waals surface area contributed by atoms with Gasteiger partial charge in [0.1, 0.15) is 12.7 Å². The van der Waals surface area contributed by atoms with E-state index in [0.29, 0.717) is 12.8 Å². The van der Waals surface area contributed by atoms with Crippen molar-refractivity contribution in [2.24, 2.45) is 0 Å². The molecule has 0 saturated carbocycles. The predicted octanol–water partition coefficient (Wildman–Crippen LogP) is 12.6. The van der Waals surface area contributed by atoms with E-state index in [-0.39, 0.29) is 12.8 Å². The Morgan fingerprint density at radius 2 is 0.932 bits per heavy atom. The van der Waals surface area contributed by atoms with Crippen molar-refractivity contribution in [3.05, 3.63) is 24.3 Å². The van der Waals surface area contributed by atoms with E-state index in [1.165, 1.54) is 122 Å². The number of nitrogens with one attached hydrogen (secondary N) is 1. The van der Waals surface area contributed by atoms with Crippen LogP contribution in [0.15, 0.2) is 24.3 Å². The average Bonchev–Trinajstić information content (AvgIpc) is 3.21. The number of hydrogen-bond donors (Lipinski definition) is 4. The van der Waals surface area contributed by atoms with E-state index in [0.717, 1.165) is 64.2 Å². The lowest BCUT2D eigenvalue weighted by atomic mass is 10.0. The van der Waals surface area contributed by atoms with Gasteiger partial charge in [-0.1, -0.05) is 192 Å². The fourth-order valence-corrected chi connectivity index (χ4v) is 7.53. The summed E-state index contributed by atoms with van der Waals surface area (Å²) < 4.78 is 26.9. The van der Waals surface area contributed by atoms with Gasteiger partial charge in [0.2, 0.25) is 5.91 Å². The first-order valence-electron chi connectivity index (χ1n) is 23.9. The molecule has 0 aliphatic heterocycles. The van der Waals surface area contributed by atoms with Crippen LogP contribution in [0.1, 0.15) is 226 Å². The molecule has 0 aromatic rings. The van der Waals surface area contributed by atoms with Crippen molar-refractivity contribution in [3.8, 4) is 0 Å². The predicted molar refractivity (Wildman–Crippen MR) is 240 cm³/mol. The average molecular weight is 858 g/mol. The molecular formula is C47H88NO10P. The molecule has 0 bridgehead atoms. The monoisotopic (exact) mass is 858 g/mol. The number of aliphatic hydroxyl groups excluding tert-OH is 1. The van der Waals surface area contributed by atoms with Gasteiger partial charge < -0.3 is 25.2 Å². The molecule has 59 heavy (non-hydrogen) atoms. The van der Waals surface area contributed by atoms with Gasteiger partial charge in [0.05, 0.1) is 13.2 Å². The molecule has 4 N–H and O–H groups in total. The Bertz CT molecular complexity index is 1100. The maximum absolute atomic E-state index is 12.3. The standard InChI is InChI=1S/C47H88NO10P/c1-3-5-7-9-11-13-15-17-19-21-22-23-25-27-29-31-33-35-37-39-46(51)56-40-43(49)41-57-59(54,55)58-42-44(47(52)53)48-45(50)38-36-34-32-30-28-26-24-20-18-16-14-12-10-8-6-4-2/h14,16,20,24,43-44,49H,3-13,15,17-19,21-23,25-42H2,1-2H3,(H,48,50)(H,52,53)(H,54,55)/b16-14-,24-20-. The number of rotatable bonds is 45. The fourth-order valence-electron chi connectivity index (χ4n) is 6.76. The van der Waals surface area contributed by atoms with Crippen molar-refractivity contribution in [1.82, 2.24) is 5.32 Å². The minimum atomic E-state index is -4.76. The summed E-state index contributed by atoms with van der Waals surface area (Å²) in [6.07, 6.45) is 44.8. The molecule has 0 aromatic carbocycles. The van der Waals surface area contributed by atoms with Crippen molar-refractivity contribution in [2.75, 3.05) is 19.8 Å². The maximum atomic E-state index is 12.3. The Balaban J connectivity index is 3.85. The highest BCUT2D eigenvalue weighted by Crippen LogP contribution is 2.43. The number of hydrogen-bond acceptors (Lipinski definition) is 8. The molecule has 12 heteroatoms. The first kappa shape index (κ1) is 57.0. The van der Waals surface area contributed by atoms with E-state index in [9.17, 15) is 34.1 Å². The van der Waals surface area contributed by atoms with E-state index in [1.54, 1.807) is 0 Å². The number of carbonyl (C=O) groups excluding carboxylic acids is 2. The zero-order chi connectivity index (χ0) is 43.5. The van der Waals surface area contributed by atoms with E-state index >= 15 is 0 Å². The number of phosphoric ester groups is 1. The lowest BCUT2D eigenvalue weighted by Gasteiger charge is -2.18. The molecule has 3 atom stereocenters. The highest BCUT2D eigenvalue weighted by Gasteiger charge is 2.28. The highest BCUT2D eigenvalue weighted by molar-refractivity contribution is 7.47. The molecule has 0 rings (SSSR count). The largest absolute Gasteiger partial charge is 0.480 e. The number of aliphatic hydroxyl groups is 1. The molecule has 0 aliphatic carbocycles. The molecule has 0 saturated heterocycles. The summed E-state index contributed by atoms with van der Waals surface area (Å²) in [6.45, 7) is 2.60. The van der Waals surface area contributed by atoms with Gasteiger partial charge in [-0.25, -0.2) is 9.36 Å². The summed E-state index contributed by atoms with van der Waals surface area (Å²) in [5.74, 6) is -2.38. The number of unbranched alkanes of at least 4 members (excludes halogenated alkanes) is 27. The number of amides is 1. The van der Waals surface area contributed by atoms with Crippen LogP contribution in [0.3, 0.4) is 0 Å². The number of esters is 1. The van der Waals surface area contributed by atoms with Crippen LogP contribution in [0.4, 0.5) is 0 Å². The quantitative estimate of drug-likeness (QED) is 0.0200. The smallest absolute Gasteiger partial charge is 0.472 e. The molecule has 0 radical (unpaired) electrons. The summed E-state index contributed by atoms with van der Waals surface area (Å²) in [5.41, 5.74) is 0. The minimum Gasteiger partial charge on any atom is -0.480 e. The summed E-state index contributed by atoms with van der Waals surface area (Å²) in [4.78, 5) is 46.0. The third kappa shape index (κ3) is 42.4. The van der Waals surface area contributed by atoms with Gasteiger partial charge in [-0.15, -0.1) is 0 Å². The van der Waals surface area contributed by atoms with Crippen LogP contribution in [0.25, 0.3) is 0 Å². The topological polar surface area (TPSA) is 169 Å². The molecule has 0 spiro atoms. The van der Waals surface area contributed by atoms with Crippen LogP contribution in [-0.4, -0.2) is 64.9 Å². The normalized spacial score (nSPS) is 13.8. The maximum Gasteiger partial charge on any atom is 0.472 e. The van der Waals surface area contributed by atoms with E-state index in [2.05, 4.69) is 43.5 Å². The van der Waals surface area contributed by atoms with Crippen molar-refractivity contribution >= 4 is 25.7 Å². The summed E-state index contributed by atoms with van der Waals surface area (Å²) in [5, 5.41) is 21.9. The molecule has 0 aromatic heterocycles. The van der Waals surface area contributed by atoms with Gasteiger partial charge in [-0.05, 0) is 44.9 Å². The summed E-state index contributed by atoms with van der Waals surface area (Å²) >= 11 is 0. The second-order valence-electron chi connectivity index (χ2n) is 16.3. The Morgan fingerprint density at radius 3 is 1.39 bits per heavy atom. The number of aliphatic carboxylic acids is 1. The third-order valence-corrected chi connectivity index (χ3v) is 11.4. The second kappa shape index (κ2) is 42.6. The van der Waals surface area contributed by atoms with Crippen LogP contribution < -0.4 is 5.32 Å². The molecular weight excluding hydrogens is 769 g/mol. The summed E-state index contributed by atoms with van der Waals surface area (Å²) in [6, 6.07) is -1.55. The number of carboxylic acid groups (broad SMARTS) is 1. The minimum absolute atomic E-state index is 0.131. The van der Waals surface area contributed by atoms with Crippen LogP contribution in [0.5, 0.6) is 0 Å². The SMILES string of the molecule is CCCCCC/C=C\C/C=C\CCCCCCCC(=O)NC(COP(=O)(O)OCC(O)COC(=O)CCCCCCCCCCCCCCCCCCCCC)C(=O)O. The summed E-state index contributed by atoms with van der Waals surface area (Å²) in [7, 11) is -4.76. The molecule has 0 aliphatic rings. The molecule has 1 amide bonds. The zero-order valence-corrected chi connectivity index (χ0v) is 38.5. The Kier molecular flexibility index (Phi) is 41.2. The van der Waals surface area contributed by atoms with Gasteiger partial charge in [-0.3, -0.25) is 18.6 Å². The van der Waals surface area contributed by atoms with Crippen LogP contribution in [-0.2, 0) is 32.7 Å². The van der Waals surface area contributed by atoms with Crippen molar-refractivity contribution < 1.29 is 47.8 Å². The third-order valence-electron chi connectivity index (χ3n) is 10.5. The molecule has 346 valence electrons. The van der Waals surface area contributed by atoms with Crippen molar-refractivity contribution in [3.63, 3.8) is 0 Å². The Labute approximate surface area is 359 Å². The van der Waals surface area contributed by atoms with E-state index in [4.69, 9.17) is 13.8 Å². The number of allylic oxidation sites excluding steroid dienone is 4. The van der Waals surface area contributed by atoms with Gasteiger partial charge in [0.25, 0.3) is 0 Å². The zero-order valence-electron chi connectivity index (χ0n) is 37.6. The highest BCUT2D eigenvalue weighted by atomic mass is 31.2. The van der Waals surface area contributed by atoms with Gasteiger partial charge in [-0.2, -0.15) is 0 Å². The van der Waals surface area contributed by atoms with Gasteiger partial charge >= 0.3 is 19.8 Å². The number of phosphoric acid groups is 1. The van der Waals surface area contributed by atoms with Crippen LogP contribution >= 0.6 is 7.82 Å². The Morgan fingerprint density at radius 1 is 0.542 bits per heavy atom. The fraction of sp³-hybridized carbons (Fsp3) is 0.851. The lowest BCUT2D eigenvalue weighted by molar-refractivity contribution is -0.147. The Hall–Kier alpha value is -2.04. The number of ether oxygens (including phenoxy) is 1. The van der Waals surface area contributed by atoms with E-state index in [1.807, 2.05) is 0 Å².